The molecule has 0 bridgehead atoms. The number of hydrogen-bond acceptors (Lipinski definition) is 7. The fourth-order valence-corrected chi connectivity index (χ4v) is 7.73. The van der Waals surface area contributed by atoms with Crippen molar-refractivity contribution in [3.05, 3.63) is 74.5 Å². The molecule has 0 radical (unpaired) electrons. The molecule has 6 heterocycles. The van der Waals surface area contributed by atoms with Gasteiger partial charge in [-0.3, -0.25) is 19.5 Å². The highest BCUT2D eigenvalue weighted by Gasteiger charge is 2.38. The monoisotopic (exact) mass is 678 g/mol. The van der Waals surface area contributed by atoms with E-state index in [9.17, 15) is 22.8 Å². The zero-order chi connectivity index (χ0) is 32.1. The minimum atomic E-state index is -5.08. The number of fused-ring (bicyclic) bond motifs is 3. The topological polar surface area (TPSA) is 105 Å². The Hall–Kier alpha value is -3.85. The van der Waals surface area contributed by atoms with Crippen LogP contribution in [0.2, 0.25) is 5.02 Å². The van der Waals surface area contributed by atoms with Gasteiger partial charge in [0, 0.05) is 49.6 Å². The number of thiophene rings is 2. The quantitative estimate of drug-likeness (QED) is 0.151. The summed E-state index contributed by atoms with van der Waals surface area (Å²) in [5.74, 6) is -3.28. The zero-order valence-electron chi connectivity index (χ0n) is 23.2. The Morgan fingerprint density at radius 3 is 2.36 bits per heavy atom. The van der Waals surface area contributed by atoms with Crippen molar-refractivity contribution in [3.8, 4) is 11.1 Å². The van der Waals surface area contributed by atoms with Crippen LogP contribution in [-0.4, -0.2) is 62.3 Å². The zero-order valence-corrected chi connectivity index (χ0v) is 25.5. The van der Waals surface area contributed by atoms with Crippen LogP contribution in [-0.2, 0) is 17.9 Å². The number of imide groups is 1. The predicted octanol–water partition coefficient (Wildman–Crippen LogP) is 7.15. The molecule has 1 saturated heterocycles. The largest absolute Gasteiger partial charge is 0.490 e. The number of rotatable bonds is 5. The van der Waals surface area contributed by atoms with Crippen LogP contribution in [0.4, 0.5) is 17.6 Å². The molecule has 2 N–H and O–H groups in total. The molecule has 0 spiro atoms. The van der Waals surface area contributed by atoms with Crippen LogP contribution < -0.4 is 5.32 Å². The van der Waals surface area contributed by atoms with Crippen LogP contribution in [0.5, 0.6) is 0 Å². The Labute approximate surface area is 265 Å². The van der Waals surface area contributed by atoms with Crippen LogP contribution in [0.15, 0.2) is 53.5 Å². The van der Waals surface area contributed by atoms with Gasteiger partial charge in [0.25, 0.3) is 11.8 Å². The fraction of sp³-hybridized carbons (Fsp3) is 0.267. The van der Waals surface area contributed by atoms with Gasteiger partial charge in [-0.1, -0.05) is 11.6 Å². The number of pyridine rings is 1. The first-order valence-electron chi connectivity index (χ1n) is 13.6. The van der Waals surface area contributed by atoms with Crippen LogP contribution in [0.3, 0.4) is 0 Å². The first-order chi connectivity index (χ1) is 21.3. The van der Waals surface area contributed by atoms with E-state index in [2.05, 4.69) is 10.3 Å². The number of nitrogens with one attached hydrogen (secondary N) is 1. The van der Waals surface area contributed by atoms with Gasteiger partial charge in [-0.15, -0.1) is 11.3 Å². The number of hydrogen-bond donors (Lipinski definition) is 2. The summed E-state index contributed by atoms with van der Waals surface area (Å²) in [6.45, 7) is 1.82. The van der Waals surface area contributed by atoms with Gasteiger partial charge in [0.15, 0.2) is 0 Å². The van der Waals surface area contributed by atoms with Crippen LogP contribution >= 0.6 is 34.3 Å². The Kier molecular flexibility index (Phi) is 8.18. The molecule has 7 rings (SSSR count). The van der Waals surface area contributed by atoms with E-state index >= 15 is 4.39 Å². The molecule has 1 fully saturated rings. The summed E-state index contributed by atoms with van der Waals surface area (Å²) in [7, 11) is 0. The number of piperidine rings is 1. The average Bonchev–Trinajstić information content (AvgIpc) is 3.76. The second-order valence-corrected chi connectivity index (χ2v) is 13.0. The summed E-state index contributed by atoms with van der Waals surface area (Å²) in [5.41, 5.74) is 3.24. The van der Waals surface area contributed by atoms with Gasteiger partial charge in [0.05, 0.1) is 39.9 Å². The summed E-state index contributed by atoms with van der Waals surface area (Å²) < 4.78 is 50.4. The van der Waals surface area contributed by atoms with Gasteiger partial charge in [-0.05, 0) is 56.3 Å². The summed E-state index contributed by atoms with van der Waals surface area (Å²) in [6, 6.07) is 9.70. The molecular formula is C30H23ClF4N4O4S2. The van der Waals surface area contributed by atoms with Crippen LogP contribution in [0.1, 0.15) is 38.4 Å². The Morgan fingerprint density at radius 1 is 1.04 bits per heavy atom. The molecule has 0 aliphatic carbocycles. The number of carbonyl (C=O) groups is 3. The standard InChI is InChI=1S/C28H22ClFN4O2S2.C2HF3O2/c29-17-9-16-2-8-33(15-28(30)3-6-31-7-4-28)24(16)20(10-17)19-1-5-32-23-11-18(38-25(19)23)12-34-26(35)21-13-37-14-22(21)27(34)36;3-2(4,5)1(6)7/h1-2,5,8-11,13-14,31H,3-4,6-7,12,15H2;(H,6,7). The highest BCUT2D eigenvalue weighted by molar-refractivity contribution is 7.19. The lowest BCUT2D eigenvalue weighted by Crippen LogP contribution is -2.41. The van der Waals surface area contributed by atoms with E-state index < -0.39 is 17.8 Å². The molecule has 234 valence electrons. The summed E-state index contributed by atoms with van der Waals surface area (Å²) in [4.78, 5) is 41.2. The normalized spacial score (nSPS) is 16.2. The minimum absolute atomic E-state index is 0.192. The third kappa shape index (κ3) is 6.07. The maximum Gasteiger partial charge on any atom is 0.490 e. The molecule has 8 nitrogen and oxygen atoms in total. The maximum absolute atomic E-state index is 15.7. The number of amides is 2. The third-order valence-electron chi connectivity index (χ3n) is 7.70. The van der Waals surface area contributed by atoms with Gasteiger partial charge in [-0.2, -0.15) is 24.5 Å². The summed E-state index contributed by atoms with van der Waals surface area (Å²) >= 11 is 9.42. The van der Waals surface area contributed by atoms with E-state index in [1.54, 1.807) is 17.0 Å². The average molecular weight is 679 g/mol. The van der Waals surface area contributed by atoms with Gasteiger partial charge in [0.2, 0.25) is 0 Å². The molecule has 0 unspecified atom stereocenters. The summed E-state index contributed by atoms with van der Waals surface area (Å²) in [5, 5.41) is 15.4. The molecule has 0 atom stereocenters. The number of halogens is 5. The van der Waals surface area contributed by atoms with Crippen molar-refractivity contribution in [2.45, 2.75) is 37.8 Å². The number of carboxylic acid groups (broad SMARTS) is 1. The van der Waals surface area contributed by atoms with E-state index in [0.717, 1.165) is 37.1 Å². The number of aliphatic carboxylic acids is 1. The number of nitrogens with zero attached hydrogens (tertiary/aromatic N) is 3. The first-order valence-corrected chi connectivity index (χ1v) is 15.8. The van der Waals surface area contributed by atoms with E-state index in [4.69, 9.17) is 21.5 Å². The van der Waals surface area contributed by atoms with Gasteiger partial charge in [0.1, 0.15) is 5.67 Å². The van der Waals surface area contributed by atoms with Crippen molar-refractivity contribution in [1.29, 1.82) is 0 Å². The van der Waals surface area contributed by atoms with Crippen molar-refractivity contribution in [2.75, 3.05) is 13.1 Å². The van der Waals surface area contributed by atoms with Crippen molar-refractivity contribution in [3.63, 3.8) is 0 Å². The van der Waals surface area contributed by atoms with E-state index in [0.29, 0.717) is 42.1 Å². The lowest BCUT2D eigenvalue weighted by atomic mass is 9.94. The molecule has 2 aliphatic rings. The molecule has 5 aromatic rings. The highest BCUT2D eigenvalue weighted by Crippen LogP contribution is 2.41. The molecule has 2 amide bonds. The number of alkyl halides is 4. The summed E-state index contributed by atoms with van der Waals surface area (Å²) in [6.07, 6.45) is -0.441. The Morgan fingerprint density at radius 2 is 1.71 bits per heavy atom. The SMILES string of the molecule is O=C(O)C(F)(F)F.O=C1c2cscc2C(=O)N1Cc1cc2nccc(-c3cc(Cl)cc4ccn(CC5(F)CCNCC5)c34)c2s1. The van der Waals surface area contributed by atoms with Crippen molar-refractivity contribution in [2.24, 2.45) is 0 Å². The van der Waals surface area contributed by atoms with Crippen molar-refractivity contribution in [1.82, 2.24) is 19.8 Å². The van der Waals surface area contributed by atoms with Crippen molar-refractivity contribution >= 4 is 73.2 Å². The lowest BCUT2D eigenvalue weighted by molar-refractivity contribution is -0.192. The molecule has 45 heavy (non-hydrogen) atoms. The molecule has 0 saturated carbocycles. The lowest BCUT2D eigenvalue weighted by Gasteiger charge is -2.31. The number of carbonyl (C=O) groups excluding carboxylic acids is 2. The number of carboxylic acids is 1. The smallest absolute Gasteiger partial charge is 0.475 e. The van der Waals surface area contributed by atoms with Gasteiger partial charge in [-0.25, -0.2) is 9.18 Å². The van der Waals surface area contributed by atoms with Gasteiger partial charge < -0.3 is 15.0 Å². The fourth-order valence-electron chi connectivity index (χ4n) is 5.58. The maximum atomic E-state index is 15.7. The second-order valence-electron chi connectivity index (χ2n) is 10.7. The van der Waals surface area contributed by atoms with E-state index in [1.165, 1.54) is 27.6 Å². The van der Waals surface area contributed by atoms with Crippen LogP contribution in [0, 0.1) is 0 Å². The number of benzene rings is 1. The second kappa shape index (κ2) is 11.8. The molecule has 15 heteroatoms. The van der Waals surface area contributed by atoms with E-state index in [-0.39, 0.29) is 24.9 Å². The minimum Gasteiger partial charge on any atom is -0.475 e. The predicted molar refractivity (Wildman–Crippen MR) is 164 cm³/mol. The van der Waals surface area contributed by atoms with Gasteiger partial charge >= 0.3 is 12.1 Å². The first kappa shape index (κ1) is 31.1. The highest BCUT2D eigenvalue weighted by atomic mass is 35.5. The molecule has 1 aromatic carbocycles. The number of aromatic nitrogens is 2. The molecular weight excluding hydrogens is 656 g/mol. The Balaban J connectivity index is 0.000000460. The van der Waals surface area contributed by atoms with Crippen molar-refractivity contribution < 1.29 is 37.1 Å². The third-order valence-corrected chi connectivity index (χ3v) is 9.81. The molecule has 4 aromatic heterocycles. The van der Waals surface area contributed by atoms with E-state index in [1.807, 2.05) is 41.1 Å². The molecule has 2 aliphatic heterocycles. The Bertz CT molecular complexity index is 1930. The van der Waals surface area contributed by atoms with Crippen LogP contribution in [0.25, 0.3) is 32.2 Å².